The highest BCUT2D eigenvalue weighted by Gasteiger charge is 2.29. The summed E-state index contributed by atoms with van der Waals surface area (Å²) in [6.07, 6.45) is 0.0777. The topological polar surface area (TPSA) is 166 Å². The van der Waals surface area contributed by atoms with Gasteiger partial charge in [0.2, 0.25) is 0 Å². The summed E-state index contributed by atoms with van der Waals surface area (Å²) in [5.74, 6) is -3.54. The number of carbonyl (C=O) groups is 2. The SMILES string of the molecule is CCCN[C@H]1CCc2nc(N)sc2C1.Cl.O=C(O)[C@H](O)[C@@H](O)C(=O)O. The van der Waals surface area contributed by atoms with Gasteiger partial charge in [0.25, 0.3) is 0 Å². The molecule has 144 valence electrons. The smallest absolute Gasteiger partial charge is 0.335 e. The number of aliphatic hydroxyl groups is 2. The van der Waals surface area contributed by atoms with Crippen molar-refractivity contribution in [2.75, 3.05) is 12.3 Å². The van der Waals surface area contributed by atoms with Crippen LogP contribution >= 0.6 is 23.7 Å². The Morgan fingerprint density at radius 1 is 1.32 bits per heavy atom. The summed E-state index contributed by atoms with van der Waals surface area (Å²) in [7, 11) is 0. The molecule has 25 heavy (non-hydrogen) atoms. The molecule has 1 aliphatic carbocycles. The lowest BCUT2D eigenvalue weighted by Crippen LogP contribution is -2.39. The van der Waals surface area contributed by atoms with Gasteiger partial charge in [0.05, 0.1) is 5.69 Å². The Morgan fingerprint density at radius 2 is 1.88 bits per heavy atom. The maximum absolute atomic E-state index is 9.77. The molecule has 9 nitrogen and oxygen atoms in total. The lowest BCUT2D eigenvalue weighted by Gasteiger charge is -2.21. The third-order valence-corrected chi connectivity index (χ3v) is 4.39. The molecule has 1 heterocycles. The van der Waals surface area contributed by atoms with Gasteiger partial charge in [-0.2, -0.15) is 0 Å². The summed E-state index contributed by atoms with van der Waals surface area (Å²) >= 11 is 1.65. The van der Waals surface area contributed by atoms with Gasteiger partial charge in [-0.05, 0) is 32.2 Å². The van der Waals surface area contributed by atoms with E-state index in [9.17, 15) is 9.59 Å². The molecule has 0 radical (unpaired) electrons. The number of fused-ring (bicyclic) bond motifs is 1. The van der Waals surface area contributed by atoms with E-state index in [1.807, 2.05) is 0 Å². The number of hydrogen-bond acceptors (Lipinski definition) is 8. The lowest BCUT2D eigenvalue weighted by atomic mass is 9.98. The van der Waals surface area contributed by atoms with Gasteiger partial charge in [-0.1, -0.05) is 6.92 Å². The van der Waals surface area contributed by atoms with Crippen molar-refractivity contribution in [3.05, 3.63) is 10.6 Å². The van der Waals surface area contributed by atoms with Crippen LogP contribution in [-0.4, -0.2) is 62.1 Å². The zero-order valence-corrected chi connectivity index (χ0v) is 15.3. The van der Waals surface area contributed by atoms with Crippen molar-refractivity contribution < 1.29 is 30.0 Å². The molecule has 0 saturated heterocycles. The monoisotopic (exact) mass is 397 g/mol. The van der Waals surface area contributed by atoms with Crippen LogP contribution < -0.4 is 11.1 Å². The molecule has 0 amide bonds. The number of nitrogens with zero attached hydrogens (tertiary/aromatic N) is 1. The number of nitrogens with one attached hydrogen (secondary N) is 1. The standard InChI is InChI=1S/C10H17N3S.C4H6O6.ClH/c1-2-5-12-7-3-4-8-9(6-7)14-10(11)13-8;5-1(3(7)8)2(6)4(9)10;/h7,12H,2-6H2,1H3,(H2,11,13);1-2,5-6H,(H,7,8)(H,9,10);1H/t7-;1-,2-;/m01./s1. The van der Waals surface area contributed by atoms with Gasteiger partial charge in [0.1, 0.15) is 0 Å². The molecule has 11 heteroatoms. The van der Waals surface area contributed by atoms with Gasteiger partial charge in [0.15, 0.2) is 17.3 Å². The second kappa shape index (κ2) is 11.2. The fourth-order valence-corrected chi connectivity index (χ4v) is 3.15. The number of halogens is 1. The van der Waals surface area contributed by atoms with Crippen molar-refractivity contribution in [1.82, 2.24) is 10.3 Å². The number of carboxylic acid groups (broad SMARTS) is 2. The lowest BCUT2D eigenvalue weighted by molar-refractivity contribution is -0.165. The molecule has 0 bridgehead atoms. The van der Waals surface area contributed by atoms with E-state index in [1.165, 1.54) is 23.4 Å². The summed E-state index contributed by atoms with van der Waals surface area (Å²) in [4.78, 5) is 25.3. The predicted octanol–water partition coefficient (Wildman–Crippen LogP) is -0.119. The number of aliphatic hydroxyl groups excluding tert-OH is 2. The Kier molecular flexibility index (Phi) is 10.6. The number of nitrogen functional groups attached to an aromatic ring is 1. The van der Waals surface area contributed by atoms with E-state index < -0.39 is 24.1 Å². The van der Waals surface area contributed by atoms with Crippen LogP contribution in [0.1, 0.15) is 30.3 Å². The molecule has 1 aromatic rings. The van der Waals surface area contributed by atoms with Crippen molar-refractivity contribution in [3.63, 3.8) is 0 Å². The molecule has 0 spiro atoms. The van der Waals surface area contributed by atoms with Crippen LogP contribution in [-0.2, 0) is 22.4 Å². The van der Waals surface area contributed by atoms with Gasteiger partial charge in [0, 0.05) is 10.9 Å². The maximum Gasteiger partial charge on any atom is 0.335 e. The Bertz CT molecular complexity index is 553. The molecule has 7 N–H and O–H groups in total. The first-order valence-electron chi connectivity index (χ1n) is 7.55. The number of aryl methyl sites for hydroxylation is 1. The number of anilines is 1. The van der Waals surface area contributed by atoms with Gasteiger partial charge >= 0.3 is 11.9 Å². The summed E-state index contributed by atoms with van der Waals surface area (Å²) in [5.41, 5.74) is 6.93. The van der Waals surface area contributed by atoms with Gasteiger partial charge in [-0.3, -0.25) is 0 Å². The number of aromatic nitrogens is 1. The Hall–Kier alpha value is -1.46. The number of carboxylic acids is 2. The molecular formula is C14H24ClN3O6S. The number of rotatable bonds is 6. The molecular weight excluding hydrogens is 374 g/mol. The molecule has 0 saturated carbocycles. The summed E-state index contributed by atoms with van der Waals surface area (Å²) in [6.45, 7) is 3.32. The minimum atomic E-state index is -2.27. The predicted molar refractivity (Wildman–Crippen MR) is 95.2 cm³/mol. The first kappa shape index (κ1) is 23.5. The van der Waals surface area contributed by atoms with Crippen LogP contribution in [0.25, 0.3) is 0 Å². The Labute approximate surface area is 155 Å². The van der Waals surface area contributed by atoms with Crippen LogP contribution in [0.4, 0.5) is 5.13 Å². The largest absolute Gasteiger partial charge is 0.479 e. The van der Waals surface area contributed by atoms with Crippen molar-refractivity contribution in [2.24, 2.45) is 0 Å². The summed E-state index contributed by atoms with van der Waals surface area (Å²) < 4.78 is 0. The average molecular weight is 398 g/mol. The summed E-state index contributed by atoms with van der Waals surface area (Å²) in [6, 6.07) is 0.641. The maximum atomic E-state index is 9.77. The third kappa shape index (κ3) is 7.53. The molecule has 2 rings (SSSR count). The van der Waals surface area contributed by atoms with Gasteiger partial charge < -0.3 is 31.5 Å². The van der Waals surface area contributed by atoms with Gasteiger partial charge in [-0.15, -0.1) is 23.7 Å². The van der Waals surface area contributed by atoms with Crippen LogP contribution in [0.5, 0.6) is 0 Å². The van der Waals surface area contributed by atoms with Crippen molar-refractivity contribution >= 4 is 40.8 Å². The molecule has 1 aromatic heterocycles. The molecule has 3 atom stereocenters. The average Bonchev–Trinajstić information content (AvgIpc) is 2.91. The fraction of sp³-hybridized carbons (Fsp3) is 0.643. The van der Waals surface area contributed by atoms with Crippen LogP contribution in [0.15, 0.2) is 0 Å². The molecule has 0 aromatic carbocycles. The van der Waals surface area contributed by atoms with Crippen molar-refractivity contribution in [2.45, 2.75) is 50.9 Å². The van der Waals surface area contributed by atoms with E-state index in [0.717, 1.165) is 24.5 Å². The molecule has 1 aliphatic rings. The Balaban J connectivity index is 0.000000471. The highest BCUT2D eigenvalue weighted by molar-refractivity contribution is 7.15. The van der Waals surface area contributed by atoms with Crippen LogP contribution in [0.2, 0.25) is 0 Å². The zero-order chi connectivity index (χ0) is 18.3. The first-order chi connectivity index (χ1) is 11.3. The second-order valence-electron chi connectivity index (χ2n) is 5.38. The molecule has 0 fully saturated rings. The van der Waals surface area contributed by atoms with Gasteiger partial charge in [-0.25, -0.2) is 14.6 Å². The highest BCUT2D eigenvalue weighted by Crippen LogP contribution is 2.27. The highest BCUT2D eigenvalue weighted by atomic mass is 35.5. The second-order valence-corrected chi connectivity index (χ2v) is 6.50. The Morgan fingerprint density at radius 3 is 2.36 bits per heavy atom. The first-order valence-corrected chi connectivity index (χ1v) is 8.37. The molecule has 0 aliphatic heterocycles. The third-order valence-electron chi connectivity index (χ3n) is 3.44. The summed E-state index contributed by atoms with van der Waals surface area (Å²) in [5, 5.41) is 36.8. The number of nitrogens with two attached hydrogens (primary N) is 1. The zero-order valence-electron chi connectivity index (χ0n) is 13.7. The quantitative estimate of drug-likeness (QED) is 0.383. The van der Waals surface area contributed by atoms with E-state index in [-0.39, 0.29) is 12.4 Å². The van der Waals surface area contributed by atoms with E-state index in [0.29, 0.717) is 6.04 Å². The van der Waals surface area contributed by atoms with Crippen molar-refractivity contribution in [1.29, 1.82) is 0 Å². The fourth-order valence-electron chi connectivity index (χ4n) is 2.19. The minimum absolute atomic E-state index is 0. The van der Waals surface area contributed by atoms with Crippen LogP contribution in [0.3, 0.4) is 0 Å². The van der Waals surface area contributed by atoms with E-state index in [1.54, 1.807) is 11.3 Å². The minimum Gasteiger partial charge on any atom is -0.479 e. The van der Waals surface area contributed by atoms with E-state index >= 15 is 0 Å². The van der Waals surface area contributed by atoms with Crippen molar-refractivity contribution in [3.8, 4) is 0 Å². The van der Waals surface area contributed by atoms with Crippen LogP contribution in [0, 0.1) is 0 Å². The normalized spacial score (nSPS) is 18.0. The number of aliphatic carboxylic acids is 2. The molecule has 0 unspecified atom stereocenters. The van der Waals surface area contributed by atoms with E-state index in [4.69, 9.17) is 26.2 Å². The van der Waals surface area contributed by atoms with E-state index in [2.05, 4.69) is 17.2 Å². The number of thiazole rings is 1. The number of hydrogen-bond donors (Lipinski definition) is 6.